The lowest BCUT2D eigenvalue weighted by Gasteiger charge is -2.19. The second-order valence-corrected chi connectivity index (χ2v) is 9.04. The van der Waals surface area contributed by atoms with Gasteiger partial charge in [-0.1, -0.05) is 65.8 Å². The van der Waals surface area contributed by atoms with Gasteiger partial charge in [0, 0.05) is 11.6 Å². The maximum atomic E-state index is 13.2. The normalized spacial score (nSPS) is 10.6. The van der Waals surface area contributed by atoms with Crippen molar-refractivity contribution in [2.24, 2.45) is 0 Å². The molecular formula is C26H23NO2S. The van der Waals surface area contributed by atoms with E-state index in [1.807, 2.05) is 33.8 Å². The van der Waals surface area contributed by atoms with E-state index < -0.39 is 10.0 Å². The summed E-state index contributed by atoms with van der Waals surface area (Å²) in [5.41, 5.74) is 6.15. The summed E-state index contributed by atoms with van der Waals surface area (Å²) in [6.07, 6.45) is 5.65. The van der Waals surface area contributed by atoms with Gasteiger partial charge < -0.3 is 0 Å². The summed E-state index contributed by atoms with van der Waals surface area (Å²) in [5, 5.41) is 0. The van der Waals surface area contributed by atoms with Gasteiger partial charge in [-0.2, -0.15) is 4.31 Å². The first-order chi connectivity index (χ1) is 14.2. The number of hydrogen-bond acceptors (Lipinski definition) is 2. The van der Waals surface area contributed by atoms with Crippen molar-refractivity contribution in [3.8, 4) is 24.3 Å². The van der Waals surface area contributed by atoms with Crippen molar-refractivity contribution in [3.63, 3.8) is 0 Å². The van der Waals surface area contributed by atoms with Gasteiger partial charge in [-0.3, -0.25) is 0 Å². The molecule has 3 aromatic rings. The lowest BCUT2D eigenvalue weighted by atomic mass is 10.00. The molecule has 0 fully saturated rings. The average molecular weight is 414 g/mol. The summed E-state index contributed by atoms with van der Waals surface area (Å²) in [4.78, 5) is 0.138. The Morgan fingerprint density at radius 3 is 2.00 bits per heavy atom. The van der Waals surface area contributed by atoms with Crippen LogP contribution in [-0.2, 0) is 10.0 Å². The van der Waals surface area contributed by atoms with Crippen molar-refractivity contribution < 1.29 is 8.42 Å². The zero-order valence-electron chi connectivity index (χ0n) is 17.5. The lowest BCUT2D eigenvalue weighted by Crippen LogP contribution is -2.26. The van der Waals surface area contributed by atoms with Gasteiger partial charge in [0.05, 0.1) is 16.1 Å². The first kappa shape index (κ1) is 21.2. The molecular weight excluding hydrogens is 390 g/mol. The summed E-state index contributed by atoms with van der Waals surface area (Å²) in [7, 11) is -3.92. The van der Waals surface area contributed by atoms with E-state index in [9.17, 15) is 8.42 Å². The minimum atomic E-state index is -3.92. The Kier molecular flexibility index (Phi) is 6.01. The first-order valence-electron chi connectivity index (χ1n) is 9.51. The number of terminal acetylenes is 1. The predicted octanol–water partition coefficient (Wildman–Crippen LogP) is 5.11. The van der Waals surface area contributed by atoms with Crippen LogP contribution in [0.4, 0.5) is 5.69 Å². The van der Waals surface area contributed by atoms with Gasteiger partial charge in [-0.05, 0) is 63.1 Å². The van der Waals surface area contributed by atoms with Gasteiger partial charge >= 0.3 is 0 Å². The SMILES string of the molecule is C#CN(c1ccccc1C#Cc1c(C)cc(C)cc1C)S(=O)(=O)c1ccc(C)cc1. The fraction of sp³-hybridized carbons (Fsp3) is 0.154. The number of nitrogens with zero attached hydrogens (tertiary/aromatic N) is 1. The smallest absolute Gasteiger partial charge is 0.200 e. The molecule has 0 aliphatic heterocycles. The molecule has 3 rings (SSSR count). The van der Waals surface area contributed by atoms with Crippen LogP contribution in [0.25, 0.3) is 0 Å². The Bertz CT molecular complexity index is 1280. The standard InChI is InChI=1S/C26H23NO2S/c1-6-27(30(28,29)24-14-11-19(2)12-15-24)26-10-8-7-9-23(26)13-16-25-21(4)17-20(3)18-22(25)5/h1,7-12,14-15,17-18H,2-5H3. The summed E-state index contributed by atoms with van der Waals surface area (Å²) in [5.74, 6) is 6.33. The van der Waals surface area contributed by atoms with Gasteiger partial charge in [0.15, 0.2) is 0 Å². The van der Waals surface area contributed by atoms with Crippen LogP contribution in [0, 0.1) is 52.0 Å². The summed E-state index contributed by atoms with van der Waals surface area (Å²) < 4.78 is 27.3. The Morgan fingerprint density at radius 2 is 1.40 bits per heavy atom. The zero-order chi connectivity index (χ0) is 21.9. The number of para-hydroxylation sites is 1. The number of rotatable bonds is 3. The van der Waals surface area contributed by atoms with E-state index in [-0.39, 0.29) is 4.90 Å². The van der Waals surface area contributed by atoms with Crippen molar-refractivity contribution in [3.05, 3.63) is 94.0 Å². The summed E-state index contributed by atoms with van der Waals surface area (Å²) in [6, 6.07) is 20.1. The number of hydrogen-bond donors (Lipinski definition) is 0. The zero-order valence-corrected chi connectivity index (χ0v) is 18.3. The molecule has 30 heavy (non-hydrogen) atoms. The molecule has 0 atom stereocenters. The van der Waals surface area contributed by atoms with Crippen LogP contribution in [0.3, 0.4) is 0 Å². The van der Waals surface area contributed by atoms with E-state index in [1.165, 1.54) is 5.56 Å². The monoisotopic (exact) mass is 413 g/mol. The molecule has 0 amide bonds. The van der Waals surface area contributed by atoms with E-state index in [1.54, 1.807) is 42.5 Å². The lowest BCUT2D eigenvalue weighted by molar-refractivity contribution is 0.596. The Hall–Kier alpha value is -3.47. The molecule has 0 aromatic heterocycles. The molecule has 0 radical (unpaired) electrons. The van der Waals surface area contributed by atoms with E-state index in [0.29, 0.717) is 11.3 Å². The van der Waals surface area contributed by atoms with E-state index >= 15 is 0 Å². The van der Waals surface area contributed by atoms with Crippen LogP contribution in [-0.4, -0.2) is 8.42 Å². The molecule has 0 unspecified atom stereocenters. The molecule has 0 aliphatic carbocycles. The van der Waals surface area contributed by atoms with Crippen LogP contribution >= 0.6 is 0 Å². The number of aryl methyl sites for hydroxylation is 4. The molecule has 150 valence electrons. The predicted molar refractivity (Wildman–Crippen MR) is 123 cm³/mol. The van der Waals surface area contributed by atoms with Crippen LogP contribution in [0.15, 0.2) is 65.6 Å². The third-order valence-corrected chi connectivity index (χ3v) is 6.45. The van der Waals surface area contributed by atoms with Crippen LogP contribution < -0.4 is 4.31 Å². The fourth-order valence-corrected chi connectivity index (χ4v) is 4.60. The first-order valence-corrected chi connectivity index (χ1v) is 10.9. The topological polar surface area (TPSA) is 37.4 Å². The van der Waals surface area contributed by atoms with Crippen LogP contribution in [0.1, 0.15) is 33.4 Å². The second kappa shape index (κ2) is 8.49. The van der Waals surface area contributed by atoms with Crippen molar-refractivity contribution in [2.45, 2.75) is 32.6 Å². The summed E-state index contributed by atoms with van der Waals surface area (Å²) >= 11 is 0. The maximum Gasteiger partial charge on any atom is 0.275 e. The highest BCUT2D eigenvalue weighted by molar-refractivity contribution is 7.93. The highest BCUT2D eigenvalue weighted by Crippen LogP contribution is 2.26. The van der Waals surface area contributed by atoms with E-state index in [4.69, 9.17) is 6.42 Å². The molecule has 4 heteroatoms. The maximum absolute atomic E-state index is 13.2. The molecule has 0 saturated heterocycles. The third kappa shape index (κ3) is 4.25. The quantitative estimate of drug-likeness (QED) is 0.442. The molecule has 0 spiro atoms. The van der Waals surface area contributed by atoms with Gasteiger partial charge in [0.2, 0.25) is 0 Å². The minimum absolute atomic E-state index is 0.138. The van der Waals surface area contributed by atoms with Crippen molar-refractivity contribution in [1.82, 2.24) is 0 Å². The minimum Gasteiger partial charge on any atom is -0.200 e. The van der Waals surface area contributed by atoms with Gasteiger partial charge in [-0.15, -0.1) is 0 Å². The molecule has 0 aliphatic rings. The van der Waals surface area contributed by atoms with E-state index in [0.717, 1.165) is 26.6 Å². The second-order valence-electron chi connectivity index (χ2n) is 7.25. The van der Waals surface area contributed by atoms with Crippen molar-refractivity contribution in [2.75, 3.05) is 4.31 Å². The molecule has 0 bridgehead atoms. The third-order valence-electron chi connectivity index (χ3n) is 4.80. The van der Waals surface area contributed by atoms with Crippen molar-refractivity contribution in [1.29, 1.82) is 0 Å². The number of sulfonamides is 1. The fourth-order valence-electron chi connectivity index (χ4n) is 3.35. The van der Waals surface area contributed by atoms with Crippen LogP contribution in [0.5, 0.6) is 0 Å². The molecule has 0 heterocycles. The van der Waals surface area contributed by atoms with Crippen LogP contribution in [0.2, 0.25) is 0 Å². The Labute approximate surface area is 179 Å². The molecule has 3 aromatic carbocycles. The molecule has 0 N–H and O–H groups in total. The highest BCUT2D eigenvalue weighted by Gasteiger charge is 2.25. The van der Waals surface area contributed by atoms with Gasteiger partial charge in [0.1, 0.15) is 0 Å². The highest BCUT2D eigenvalue weighted by atomic mass is 32.2. The Morgan fingerprint density at radius 1 is 0.800 bits per heavy atom. The van der Waals surface area contributed by atoms with Gasteiger partial charge in [0.25, 0.3) is 10.0 Å². The number of benzene rings is 3. The van der Waals surface area contributed by atoms with E-state index in [2.05, 4.69) is 30.0 Å². The van der Waals surface area contributed by atoms with Crippen molar-refractivity contribution >= 4 is 15.7 Å². The molecule has 3 nitrogen and oxygen atoms in total. The summed E-state index contributed by atoms with van der Waals surface area (Å²) in [6.45, 7) is 7.99. The average Bonchev–Trinajstić information content (AvgIpc) is 2.69. The number of anilines is 1. The Balaban J connectivity index is 2.10. The molecule has 0 saturated carbocycles. The van der Waals surface area contributed by atoms with Gasteiger partial charge in [-0.25, -0.2) is 8.42 Å². The largest absolute Gasteiger partial charge is 0.275 e.